The number of carboxylic acids is 1. The van der Waals surface area contributed by atoms with Crippen molar-refractivity contribution < 1.29 is 29.0 Å². The molecule has 0 radical (unpaired) electrons. The van der Waals surface area contributed by atoms with Gasteiger partial charge in [0, 0.05) is 7.05 Å². The van der Waals surface area contributed by atoms with Crippen LogP contribution >= 0.6 is 0 Å². The van der Waals surface area contributed by atoms with Crippen LogP contribution < -0.4 is 15.8 Å². The molecule has 2 amide bonds. The van der Waals surface area contributed by atoms with Crippen molar-refractivity contribution in [3.05, 3.63) is 42.0 Å². The summed E-state index contributed by atoms with van der Waals surface area (Å²) in [4.78, 5) is 37.5. The predicted molar refractivity (Wildman–Crippen MR) is 107 cm³/mol. The van der Waals surface area contributed by atoms with E-state index < -0.39 is 35.8 Å². The smallest absolute Gasteiger partial charge is 0.410 e. The number of carboxylic acid groups (broad SMARTS) is 1. The molecular formula is C20H29N3O6. The van der Waals surface area contributed by atoms with Crippen molar-refractivity contribution in [1.82, 2.24) is 10.2 Å². The second kappa shape index (κ2) is 9.92. The van der Waals surface area contributed by atoms with E-state index >= 15 is 0 Å². The number of hydrogen-bond acceptors (Lipinski definition) is 6. The summed E-state index contributed by atoms with van der Waals surface area (Å²) >= 11 is 0. The molecule has 0 aliphatic heterocycles. The van der Waals surface area contributed by atoms with Crippen molar-refractivity contribution in [2.75, 3.05) is 14.2 Å². The molecule has 1 aromatic carbocycles. The lowest BCUT2D eigenvalue weighted by Crippen LogP contribution is -2.52. The van der Waals surface area contributed by atoms with Crippen molar-refractivity contribution in [2.24, 2.45) is 5.73 Å². The molecule has 29 heavy (non-hydrogen) atoms. The van der Waals surface area contributed by atoms with Crippen LogP contribution in [0.15, 0.2) is 30.9 Å². The molecule has 0 saturated carbocycles. The fourth-order valence-electron chi connectivity index (χ4n) is 2.57. The summed E-state index contributed by atoms with van der Waals surface area (Å²) < 4.78 is 10.7. The van der Waals surface area contributed by atoms with Gasteiger partial charge in [-0.05, 0) is 50.5 Å². The SMILES string of the molecule is C=CCc1cc([C@@H](C(=O)N[C@@H](N)C(=O)O)N(C)C(=O)OC(C)(C)C)ccc1OC. The van der Waals surface area contributed by atoms with Gasteiger partial charge in [0.05, 0.1) is 7.11 Å². The Morgan fingerprint density at radius 1 is 1.34 bits per heavy atom. The lowest BCUT2D eigenvalue weighted by Gasteiger charge is -2.31. The Labute approximate surface area is 170 Å². The summed E-state index contributed by atoms with van der Waals surface area (Å²) in [5.74, 6) is -1.57. The van der Waals surface area contributed by atoms with Crippen LogP contribution in [-0.4, -0.2) is 53.9 Å². The molecule has 0 aliphatic carbocycles. The van der Waals surface area contributed by atoms with E-state index in [1.165, 1.54) is 14.2 Å². The lowest BCUT2D eigenvalue weighted by atomic mass is 9.99. The summed E-state index contributed by atoms with van der Waals surface area (Å²) in [5, 5.41) is 11.2. The number of nitrogens with zero attached hydrogens (tertiary/aromatic N) is 1. The number of ether oxygens (including phenoxy) is 2. The van der Waals surface area contributed by atoms with E-state index in [2.05, 4.69) is 11.9 Å². The molecule has 9 heteroatoms. The van der Waals surface area contributed by atoms with Gasteiger partial charge in [0.15, 0.2) is 6.17 Å². The van der Waals surface area contributed by atoms with E-state index in [9.17, 15) is 14.4 Å². The van der Waals surface area contributed by atoms with Crippen LogP contribution in [0, 0.1) is 0 Å². The molecule has 4 N–H and O–H groups in total. The van der Waals surface area contributed by atoms with Crippen molar-refractivity contribution in [3.8, 4) is 5.75 Å². The summed E-state index contributed by atoms with van der Waals surface area (Å²) in [6, 6.07) is 3.79. The molecule has 9 nitrogen and oxygen atoms in total. The van der Waals surface area contributed by atoms with Crippen LogP contribution in [0.1, 0.15) is 37.9 Å². The van der Waals surface area contributed by atoms with E-state index in [1.807, 2.05) is 0 Å². The minimum absolute atomic E-state index is 0.436. The Balaban J connectivity index is 3.37. The molecule has 1 aromatic rings. The van der Waals surface area contributed by atoms with Gasteiger partial charge in [0.1, 0.15) is 17.4 Å². The molecule has 0 aromatic heterocycles. The molecule has 160 valence electrons. The number of benzene rings is 1. The van der Waals surface area contributed by atoms with Gasteiger partial charge in [0.2, 0.25) is 5.91 Å². The number of carbonyl (C=O) groups is 3. The molecule has 0 saturated heterocycles. The maximum absolute atomic E-state index is 12.8. The third kappa shape index (κ3) is 6.79. The highest BCUT2D eigenvalue weighted by molar-refractivity contribution is 5.90. The molecule has 1 rings (SSSR count). The van der Waals surface area contributed by atoms with Crippen molar-refractivity contribution in [2.45, 2.75) is 45.0 Å². The Kier molecular flexibility index (Phi) is 8.20. The highest BCUT2D eigenvalue weighted by Crippen LogP contribution is 2.28. The summed E-state index contributed by atoms with van der Waals surface area (Å²) in [7, 11) is 2.91. The topological polar surface area (TPSA) is 131 Å². The molecule has 0 unspecified atom stereocenters. The number of likely N-dealkylation sites (N-methyl/N-ethyl adjacent to an activating group) is 1. The first-order valence-corrected chi connectivity index (χ1v) is 8.93. The largest absolute Gasteiger partial charge is 0.496 e. The van der Waals surface area contributed by atoms with E-state index in [4.69, 9.17) is 20.3 Å². The van der Waals surface area contributed by atoms with E-state index in [0.29, 0.717) is 17.7 Å². The summed E-state index contributed by atoms with van der Waals surface area (Å²) in [6.45, 7) is 8.80. The van der Waals surface area contributed by atoms with E-state index in [1.54, 1.807) is 45.0 Å². The van der Waals surface area contributed by atoms with Crippen LogP contribution in [0.4, 0.5) is 4.79 Å². The first-order chi connectivity index (χ1) is 13.4. The third-order valence-corrected chi connectivity index (χ3v) is 3.87. The molecular weight excluding hydrogens is 378 g/mol. The van der Waals surface area contributed by atoms with Gasteiger partial charge < -0.3 is 25.6 Å². The van der Waals surface area contributed by atoms with Gasteiger partial charge in [-0.1, -0.05) is 12.1 Å². The second-order valence-electron chi connectivity index (χ2n) is 7.38. The number of amides is 2. The second-order valence-corrected chi connectivity index (χ2v) is 7.38. The number of aliphatic carboxylic acids is 1. The van der Waals surface area contributed by atoms with Gasteiger partial charge in [-0.25, -0.2) is 9.59 Å². The zero-order chi connectivity index (χ0) is 22.4. The number of nitrogens with one attached hydrogen (secondary N) is 1. The Hall–Kier alpha value is -3.07. The number of allylic oxidation sites excluding steroid dienone is 1. The number of hydrogen-bond donors (Lipinski definition) is 3. The van der Waals surface area contributed by atoms with Crippen LogP contribution in [0.2, 0.25) is 0 Å². The molecule has 2 atom stereocenters. The van der Waals surface area contributed by atoms with Gasteiger partial charge >= 0.3 is 12.1 Å². The standard InChI is InChI=1S/C20H29N3O6/c1-7-8-12-11-13(9-10-14(12)28-6)15(17(24)22-16(21)18(25)26)23(5)19(27)29-20(2,3)4/h7,9-11,15-16H,1,8,21H2,2-6H3,(H,22,24)(H,25,26)/t15-,16+/m0/s1. The van der Waals surface area contributed by atoms with Crippen LogP contribution in [0.5, 0.6) is 5.75 Å². The molecule has 0 fully saturated rings. The van der Waals surface area contributed by atoms with Crippen LogP contribution in [0.3, 0.4) is 0 Å². The maximum atomic E-state index is 12.8. The van der Waals surface area contributed by atoms with Crippen molar-refractivity contribution >= 4 is 18.0 Å². The average Bonchev–Trinajstić information content (AvgIpc) is 2.60. The maximum Gasteiger partial charge on any atom is 0.410 e. The highest BCUT2D eigenvalue weighted by Gasteiger charge is 2.33. The fraction of sp³-hybridized carbons (Fsp3) is 0.450. The number of rotatable bonds is 8. The van der Waals surface area contributed by atoms with Gasteiger partial charge in [-0.15, -0.1) is 6.58 Å². The Morgan fingerprint density at radius 3 is 2.45 bits per heavy atom. The number of nitrogens with two attached hydrogens (primary N) is 1. The monoisotopic (exact) mass is 407 g/mol. The average molecular weight is 407 g/mol. The van der Waals surface area contributed by atoms with Crippen molar-refractivity contribution in [1.29, 1.82) is 0 Å². The Morgan fingerprint density at radius 2 is 1.97 bits per heavy atom. The fourth-order valence-corrected chi connectivity index (χ4v) is 2.57. The van der Waals surface area contributed by atoms with Gasteiger partial charge in [-0.2, -0.15) is 0 Å². The zero-order valence-corrected chi connectivity index (χ0v) is 17.4. The minimum atomic E-state index is -1.62. The normalized spacial score (nSPS) is 13.0. The summed E-state index contributed by atoms with van der Waals surface area (Å²) in [5.41, 5.74) is 5.84. The highest BCUT2D eigenvalue weighted by atomic mass is 16.6. The quantitative estimate of drug-likeness (QED) is 0.442. The number of methoxy groups -OCH3 is 1. The van der Waals surface area contributed by atoms with E-state index in [0.717, 1.165) is 10.5 Å². The first-order valence-electron chi connectivity index (χ1n) is 8.93. The zero-order valence-electron chi connectivity index (χ0n) is 17.4. The molecule has 0 bridgehead atoms. The third-order valence-electron chi connectivity index (χ3n) is 3.87. The van der Waals surface area contributed by atoms with Gasteiger partial charge in [-0.3, -0.25) is 9.69 Å². The first kappa shape index (κ1) is 24.0. The lowest BCUT2D eigenvalue weighted by molar-refractivity contribution is -0.142. The summed E-state index contributed by atoms with van der Waals surface area (Å²) in [6.07, 6.45) is -0.226. The molecule has 0 aliphatic rings. The molecule has 0 spiro atoms. The molecule has 0 heterocycles. The van der Waals surface area contributed by atoms with Crippen LogP contribution in [-0.2, 0) is 20.7 Å². The van der Waals surface area contributed by atoms with E-state index in [-0.39, 0.29) is 0 Å². The van der Waals surface area contributed by atoms with Crippen molar-refractivity contribution in [3.63, 3.8) is 0 Å². The van der Waals surface area contributed by atoms with Crippen LogP contribution in [0.25, 0.3) is 0 Å². The van der Waals surface area contributed by atoms with Gasteiger partial charge in [0.25, 0.3) is 0 Å². The predicted octanol–water partition coefficient (Wildman–Crippen LogP) is 1.82. The minimum Gasteiger partial charge on any atom is -0.496 e. The number of carbonyl (C=O) groups excluding carboxylic acids is 2. The Bertz CT molecular complexity index is 772.